The second-order valence-electron chi connectivity index (χ2n) is 7.96. The Hall–Kier alpha value is -3.51. The van der Waals surface area contributed by atoms with Crippen molar-refractivity contribution in [1.29, 1.82) is 0 Å². The summed E-state index contributed by atoms with van der Waals surface area (Å²) in [5.74, 6) is 0.707. The van der Waals surface area contributed by atoms with Crippen molar-refractivity contribution in [2.45, 2.75) is 20.5 Å². The molecule has 0 radical (unpaired) electrons. The number of rotatable bonds is 10. The monoisotopic (exact) mass is 644 g/mol. The van der Waals surface area contributed by atoms with Crippen LogP contribution < -0.4 is 19.5 Å². The van der Waals surface area contributed by atoms with Crippen LogP contribution in [0.15, 0.2) is 70.6 Å². The number of carboxylic acids is 1. The van der Waals surface area contributed by atoms with Gasteiger partial charge in [0.2, 0.25) is 0 Å². The smallest absolute Gasteiger partial charge is 0.335 e. The zero-order valence-corrected chi connectivity index (χ0v) is 23.7. The van der Waals surface area contributed by atoms with Crippen molar-refractivity contribution >= 4 is 63.2 Å². The van der Waals surface area contributed by atoms with Crippen molar-refractivity contribution in [2.24, 2.45) is 4.99 Å². The molecule has 1 saturated heterocycles. The highest BCUT2D eigenvalue weighted by molar-refractivity contribution is 14.1. The van der Waals surface area contributed by atoms with Crippen molar-refractivity contribution in [2.75, 3.05) is 13.2 Å². The number of carboxylic acid groups (broad SMARTS) is 1. The Morgan fingerprint density at radius 1 is 1.03 bits per heavy atom. The van der Waals surface area contributed by atoms with Crippen LogP contribution in [-0.4, -0.2) is 35.4 Å². The van der Waals surface area contributed by atoms with Gasteiger partial charge >= 0.3 is 5.97 Å². The highest BCUT2D eigenvalue weighted by Crippen LogP contribution is 2.37. The van der Waals surface area contributed by atoms with Crippen LogP contribution in [0.5, 0.6) is 17.2 Å². The molecule has 196 valence electrons. The highest BCUT2D eigenvalue weighted by Gasteiger charge is 2.24. The van der Waals surface area contributed by atoms with Gasteiger partial charge in [-0.25, -0.2) is 9.79 Å². The van der Waals surface area contributed by atoms with E-state index in [9.17, 15) is 9.59 Å². The largest absolute Gasteiger partial charge is 0.494 e. The first-order valence-electron chi connectivity index (χ1n) is 11.8. The minimum atomic E-state index is -0.973. The number of ether oxygens (including phenoxy) is 3. The molecule has 1 amide bonds. The number of aromatic carboxylic acids is 1. The Kier molecular flexibility index (Phi) is 9.29. The number of carbonyl (C=O) groups is 2. The fourth-order valence-corrected chi connectivity index (χ4v) is 5.13. The molecular formula is C28H25IN2O6S. The van der Waals surface area contributed by atoms with Gasteiger partial charge in [-0.05, 0) is 114 Å². The maximum atomic E-state index is 12.6. The van der Waals surface area contributed by atoms with Crippen molar-refractivity contribution in [3.63, 3.8) is 0 Å². The fraction of sp³-hybridized carbons (Fsp3) is 0.179. The van der Waals surface area contributed by atoms with Crippen LogP contribution >= 0.6 is 34.4 Å². The lowest BCUT2D eigenvalue weighted by atomic mass is 10.1. The summed E-state index contributed by atoms with van der Waals surface area (Å²) in [6.07, 6.45) is 1.79. The Labute approximate surface area is 238 Å². The molecule has 0 atom stereocenters. The number of hydrogen-bond acceptors (Lipinski definition) is 7. The number of thioether (sulfide) groups is 1. The first-order chi connectivity index (χ1) is 18.4. The molecule has 10 heteroatoms. The van der Waals surface area contributed by atoms with Crippen molar-refractivity contribution in [3.05, 3.63) is 85.8 Å². The van der Waals surface area contributed by atoms with Crippen LogP contribution in [0, 0.1) is 3.57 Å². The standard InChI is InChI=1S/C28H25IN2O6S/c1-3-35-21-11-9-20(10-12-21)30-28-31-26(32)24(38-28)15-18-13-22(29)25(23(14-18)36-4-2)37-16-17-5-7-19(8-6-17)27(33)34/h5-15H,3-4,16H2,1-2H3,(H,33,34)(H,30,31,32)/b24-15+. The molecule has 0 bridgehead atoms. The first-order valence-corrected chi connectivity index (χ1v) is 13.7. The maximum Gasteiger partial charge on any atom is 0.335 e. The topological polar surface area (TPSA) is 106 Å². The lowest BCUT2D eigenvalue weighted by molar-refractivity contribution is -0.115. The summed E-state index contributed by atoms with van der Waals surface area (Å²) in [4.78, 5) is 28.7. The van der Waals surface area contributed by atoms with E-state index >= 15 is 0 Å². The zero-order chi connectivity index (χ0) is 27.1. The molecule has 0 spiro atoms. The number of benzene rings is 3. The number of halogens is 1. The van der Waals surface area contributed by atoms with Crippen LogP contribution in [0.4, 0.5) is 5.69 Å². The molecule has 1 aliphatic heterocycles. The normalized spacial score (nSPS) is 15.0. The third-order valence-electron chi connectivity index (χ3n) is 5.24. The second kappa shape index (κ2) is 12.8. The molecule has 4 rings (SSSR count). The van der Waals surface area contributed by atoms with Gasteiger partial charge in [0.1, 0.15) is 12.4 Å². The summed E-state index contributed by atoms with van der Waals surface area (Å²) < 4.78 is 18.2. The molecule has 8 nitrogen and oxygen atoms in total. The zero-order valence-electron chi connectivity index (χ0n) is 20.7. The highest BCUT2D eigenvalue weighted by atomic mass is 127. The number of hydrogen-bond donors (Lipinski definition) is 2. The van der Waals surface area contributed by atoms with E-state index in [0.29, 0.717) is 40.5 Å². The van der Waals surface area contributed by atoms with Gasteiger partial charge in [-0.15, -0.1) is 0 Å². The average Bonchev–Trinajstić information content (AvgIpc) is 3.23. The first kappa shape index (κ1) is 27.5. The van der Waals surface area contributed by atoms with E-state index in [0.717, 1.165) is 20.4 Å². The van der Waals surface area contributed by atoms with Crippen molar-refractivity contribution in [3.8, 4) is 17.2 Å². The molecule has 38 heavy (non-hydrogen) atoms. The molecule has 1 aliphatic rings. The minimum absolute atomic E-state index is 0.220. The number of nitrogens with one attached hydrogen (secondary N) is 1. The number of aliphatic imine (C=N–C) groups is 1. The summed E-state index contributed by atoms with van der Waals surface area (Å²) in [6.45, 7) is 5.09. The number of amidine groups is 1. The molecule has 3 aromatic rings. The van der Waals surface area contributed by atoms with Gasteiger partial charge in [-0.3, -0.25) is 4.79 Å². The van der Waals surface area contributed by atoms with Gasteiger partial charge in [0, 0.05) is 0 Å². The van der Waals surface area contributed by atoms with Crippen LogP contribution in [0.3, 0.4) is 0 Å². The predicted molar refractivity (Wildman–Crippen MR) is 156 cm³/mol. The average molecular weight is 644 g/mol. The van der Waals surface area contributed by atoms with Crippen molar-refractivity contribution in [1.82, 2.24) is 5.32 Å². The van der Waals surface area contributed by atoms with Crippen LogP contribution in [-0.2, 0) is 11.4 Å². The Bertz CT molecular complexity index is 1390. The van der Waals surface area contributed by atoms with E-state index in [1.165, 1.54) is 11.8 Å². The van der Waals surface area contributed by atoms with Gasteiger partial charge in [0.15, 0.2) is 16.7 Å². The lowest BCUT2D eigenvalue weighted by Gasteiger charge is -2.15. The molecule has 0 aromatic heterocycles. The van der Waals surface area contributed by atoms with E-state index in [1.807, 2.05) is 50.2 Å². The third kappa shape index (κ3) is 7.07. The van der Waals surface area contributed by atoms with Crippen LogP contribution in [0.1, 0.15) is 35.3 Å². The second-order valence-corrected chi connectivity index (χ2v) is 10.2. The molecule has 3 aromatic carbocycles. The van der Waals surface area contributed by atoms with Crippen LogP contribution in [0.2, 0.25) is 0 Å². The van der Waals surface area contributed by atoms with Gasteiger partial charge < -0.3 is 24.6 Å². The summed E-state index contributed by atoms with van der Waals surface area (Å²) >= 11 is 3.44. The molecule has 0 unspecified atom stereocenters. The molecule has 0 aliphatic carbocycles. The van der Waals surface area contributed by atoms with Crippen LogP contribution in [0.25, 0.3) is 6.08 Å². The molecule has 1 fully saturated rings. The minimum Gasteiger partial charge on any atom is -0.494 e. The maximum absolute atomic E-state index is 12.6. The number of amides is 1. The van der Waals surface area contributed by atoms with E-state index in [2.05, 4.69) is 32.9 Å². The summed E-state index contributed by atoms with van der Waals surface area (Å²) in [5, 5.41) is 12.4. The van der Waals surface area contributed by atoms with E-state index < -0.39 is 5.97 Å². The Balaban J connectivity index is 1.50. The number of nitrogens with zero attached hydrogens (tertiary/aromatic N) is 1. The number of carbonyl (C=O) groups excluding carboxylic acids is 1. The third-order valence-corrected chi connectivity index (χ3v) is 6.95. The molecular weight excluding hydrogens is 619 g/mol. The fourth-order valence-electron chi connectivity index (χ4n) is 3.51. The Morgan fingerprint density at radius 3 is 2.39 bits per heavy atom. The SMILES string of the molecule is CCOc1ccc(N=C2NC(=O)/C(=C\c3cc(I)c(OCc4ccc(C(=O)O)cc4)c(OCC)c3)S2)cc1. The van der Waals surface area contributed by atoms with Gasteiger partial charge in [0.05, 0.1) is 32.9 Å². The van der Waals surface area contributed by atoms with Gasteiger partial charge in [-0.1, -0.05) is 12.1 Å². The van der Waals surface area contributed by atoms with E-state index in [4.69, 9.17) is 19.3 Å². The summed E-state index contributed by atoms with van der Waals surface area (Å²) in [5.41, 5.74) is 2.55. The molecule has 1 heterocycles. The van der Waals surface area contributed by atoms with Crippen molar-refractivity contribution < 1.29 is 28.9 Å². The predicted octanol–water partition coefficient (Wildman–Crippen LogP) is 6.26. The Morgan fingerprint density at radius 2 is 1.74 bits per heavy atom. The van der Waals surface area contributed by atoms with E-state index in [1.54, 1.807) is 30.3 Å². The van der Waals surface area contributed by atoms with E-state index in [-0.39, 0.29) is 18.1 Å². The van der Waals surface area contributed by atoms with Gasteiger partial charge in [0.25, 0.3) is 5.91 Å². The lowest BCUT2D eigenvalue weighted by Crippen LogP contribution is -2.19. The summed E-state index contributed by atoms with van der Waals surface area (Å²) in [7, 11) is 0. The summed E-state index contributed by atoms with van der Waals surface area (Å²) in [6, 6.07) is 17.6. The molecule has 2 N–H and O–H groups in total. The quantitative estimate of drug-likeness (QED) is 0.198. The van der Waals surface area contributed by atoms with Gasteiger partial charge in [-0.2, -0.15) is 0 Å². The molecule has 0 saturated carbocycles.